The number of ether oxygens (including phenoxy) is 2. The standard InChI is InChI=1S/C16H23NO5/c1-12(21-3)4-9-15(18)17(2)10-13-5-7-14(8-6-13)22-11-16(19)20/h5-8,12H,4,9-11H2,1-3H3,(H,19,20). The van der Waals surface area contributed by atoms with Crippen molar-refractivity contribution in [3.63, 3.8) is 0 Å². The molecule has 0 saturated carbocycles. The highest BCUT2D eigenvalue weighted by Crippen LogP contribution is 2.14. The molecule has 6 heteroatoms. The Labute approximate surface area is 130 Å². The largest absolute Gasteiger partial charge is 0.482 e. The van der Waals surface area contributed by atoms with Crippen LogP contribution in [0.15, 0.2) is 24.3 Å². The number of hydrogen-bond donors (Lipinski definition) is 1. The van der Waals surface area contributed by atoms with Crippen LogP contribution in [-0.2, 0) is 20.9 Å². The number of benzene rings is 1. The van der Waals surface area contributed by atoms with Gasteiger partial charge in [0.25, 0.3) is 0 Å². The molecule has 0 fully saturated rings. The van der Waals surface area contributed by atoms with Crippen LogP contribution in [0.4, 0.5) is 0 Å². The van der Waals surface area contributed by atoms with Gasteiger partial charge < -0.3 is 19.5 Å². The molecule has 0 radical (unpaired) electrons. The average molecular weight is 309 g/mol. The van der Waals surface area contributed by atoms with Crippen LogP contribution >= 0.6 is 0 Å². The number of carbonyl (C=O) groups excluding carboxylic acids is 1. The Morgan fingerprint density at radius 2 is 1.91 bits per heavy atom. The summed E-state index contributed by atoms with van der Waals surface area (Å²) in [6.45, 7) is 2.07. The Balaban J connectivity index is 2.45. The number of methoxy groups -OCH3 is 1. The molecule has 1 N–H and O–H groups in total. The van der Waals surface area contributed by atoms with Gasteiger partial charge in [-0.2, -0.15) is 0 Å². The van der Waals surface area contributed by atoms with E-state index in [4.69, 9.17) is 14.6 Å². The van der Waals surface area contributed by atoms with E-state index in [0.29, 0.717) is 25.1 Å². The minimum absolute atomic E-state index is 0.0649. The van der Waals surface area contributed by atoms with Crippen molar-refractivity contribution < 1.29 is 24.2 Å². The number of hydrogen-bond acceptors (Lipinski definition) is 4. The SMILES string of the molecule is COC(C)CCC(=O)N(C)Cc1ccc(OCC(=O)O)cc1. The van der Waals surface area contributed by atoms with Crippen LogP contribution in [0.25, 0.3) is 0 Å². The summed E-state index contributed by atoms with van der Waals surface area (Å²) in [7, 11) is 3.39. The maximum absolute atomic E-state index is 12.0. The van der Waals surface area contributed by atoms with Crippen molar-refractivity contribution in [2.75, 3.05) is 20.8 Å². The summed E-state index contributed by atoms with van der Waals surface area (Å²) in [6.07, 6.45) is 1.22. The zero-order valence-corrected chi connectivity index (χ0v) is 13.2. The third-order valence-electron chi connectivity index (χ3n) is 3.30. The van der Waals surface area contributed by atoms with E-state index in [1.165, 1.54) is 0 Å². The molecule has 1 aromatic carbocycles. The van der Waals surface area contributed by atoms with Crippen molar-refractivity contribution in [2.24, 2.45) is 0 Å². The summed E-state index contributed by atoms with van der Waals surface area (Å²) < 4.78 is 10.2. The first-order chi connectivity index (χ1) is 10.4. The molecule has 0 saturated heterocycles. The minimum Gasteiger partial charge on any atom is -0.482 e. The number of amides is 1. The van der Waals surface area contributed by atoms with Crippen LogP contribution in [0.5, 0.6) is 5.75 Å². The van der Waals surface area contributed by atoms with Crippen LogP contribution in [0, 0.1) is 0 Å². The van der Waals surface area contributed by atoms with Gasteiger partial charge in [0, 0.05) is 27.1 Å². The molecule has 1 unspecified atom stereocenters. The molecule has 0 aromatic heterocycles. The maximum atomic E-state index is 12.0. The minimum atomic E-state index is -1.01. The first kappa shape index (κ1) is 18.0. The first-order valence-corrected chi connectivity index (χ1v) is 7.12. The summed E-state index contributed by atoms with van der Waals surface area (Å²) in [6, 6.07) is 7.03. The lowest BCUT2D eigenvalue weighted by Crippen LogP contribution is -2.26. The van der Waals surface area contributed by atoms with E-state index in [2.05, 4.69) is 0 Å². The fourth-order valence-corrected chi connectivity index (χ4v) is 1.83. The molecular weight excluding hydrogens is 286 g/mol. The molecule has 1 amide bonds. The highest BCUT2D eigenvalue weighted by atomic mass is 16.5. The first-order valence-electron chi connectivity index (χ1n) is 7.12. The second-order valence-electron chi connectivity index (χ2n) is 5.16. The summed E-state index contributed by atoms with van der Waals surface area (Å²) in [5.41, 5.74) is 0.957. The van der Waals surface area contributed by atoms with Gasteiger partial charge in [0.15, 0.2) is 6.61 Å². The third kappa shape index (κ3) is 6.58. The Kier molecular flexibility index (Phi) is 7.39. The number of nitrogens with zero attached hydrogens (tertiary/aromatic N) is 1. The molecule has 1 rings (SSSR count). The predicted molar refractivity (Wildman–Crippen MR) is 81.8 cm³/mol. The van der Waals surface area contributed by atoms with Crippen LogP contribution < -0.4 is 4.74 Å². The normalized spacial score (nSPS) is 11.8. The Morgan fingerprint density at radius 1 is 1.27 bits per heavy atom. The quantitative estimate of drug-likeness (QED) is 0.754. The van der Waals surface area contributed by atoms with Crippen LogP contribution in [-0.4, -0.2) is 48.8 Å². The highest BCUT2D eigenvalue weighted by Gasteiger charge is 2.11. The number of carboxylic acids is 1. The van der Waals surface area contributed by atoms with E-state index in [0.717, 1.165) is 5.56 Å². The van der Waals surface area contributed by atoms with Gasteiger partial charge in [-0.3, -0.25) is 4.79 Å². The van der Waals surface area contributed by atoms with Gasteiger partial charge in [0.2, 0.25) is 5.91 Å². The van der Waals surface area contributed by atoms with Crippen LogP contribution in [0.1, 0.15) is 25.3 Å². The molecule has 122 valence electrons. The van der Waals surface area contributed by atoms with E-state index in [-0.39, 0.29) is 18.6 Å². The second kappa shape index (κ2) is 9.04. The summed E-state index contributed by atoms with van der Waals surface area (Å²) in [5.74, 6) is -0.455. The van der Waals surface area contributed by atoms with Gasteiger partial charge in [-0.15, -0.1) is 0 Å². The van der Waals surface area contributed by atoms with Crippen molar-refractivity contribution in [3.8, 4) is 5.75 Å². The smallest absolute Gasteiger partial charge is 0.341 e. The Hall–Kier alpha value is -2.08. The van der Waals surface area contributed by atoms with Gasteiger partial charge in [-0.1, -0.05) is 12.1 Å². The maximum Gasteiger partial charge on any atom is 0.341 e. The highest BCUT2D eigenvalue weighted by molar-refractivity contribution is 5.75. The van der Waals surface area contributed by atoms with E-state index in [1.807, 2.05) is 19.1 Å². The van der Waals surface area contributed by atoms with E-state index < -0.39 is 5.97 Å². The van der Waals surface area contributed by atoms with Gasteiger partial charge in [-0.25, -0.2) is 4.79 Å². The lowest BCUT2D eigenvalue weighted by molar-refractivity contribution is -0.139. The zero-order chi connectivity index (χ0) is 16.5. The van der Waals surface area contributed by atoms with E-state index >= 15 is 0 Å². The molecular formula is C16H23NO5. The zero-order valence-electron chi connectivity index (χ0n) is 13.2. The van der Waals surface area contributed by atoms with Crippen molar-refractivity contribution in [1.29, 1.82) is 0 Å². The molecule has 0 aliphatic heterocycles. The van der Waals surface area contributed by atoms with Gasteiger partial charge in [0.1, 0.15) is 5.75 Å². The van der Waals surface area contributed by atoms with Crippen molar-refractivity contribution in [2.45, 2.75) is 32.4 Å². The summed E-state index contributed by atoms with van der Waals surface area (Å²) >= 11 is 0. The number of aliphatic carboxylic acids is 1. The topological polar surface area (TPSA) is 76.1 Å². The van der Waals surface area contributed by atoms with Gasteiger partial charge >= 0.3 is 5.97 Å². The predicted octanol–water partition coefficient (Wildman–Crippen LogP) is 1.92. The lowest BCUT2D eigenvalue weighted by atomic mass is 10.1. The Morgan fingerprint density at radius 3 is 2.45 bits per heavy atom. The monoisotopic (exact) mass is 309 g/mol. The molecule has 0 heterocycles. The fourth-order valence-electron chi connectivity index (χ4n) is 1.83. The lowest BCUT2D eigenvalue weighted by Gasteiger charge is -2.18. The molecule has 22 heavy (non-hydrogen) atoms. The number of carbonyl (C=O) groups is 2. The summed E-state index contributed by atoms with van der Waals surface area (Å²) in [5, 5.41) is 8.54. The second-order valence-corrected chi connectivity index (χ2v) is 5.16. The summed E-state index contributed by atoms with van der Waals surface area (Å²) in [4.78, 5) is 24.1. The van der Waals surface area contributed by atoms with Crippen LogP contribution in [0.3, 0.4) is 0 Å². The van der Waals surface area contributed by atoms with E-state index in [9.17, 15) is 9.59 Å². The third-order valence-corrected chi connectivity index (χ3v) is 3.30. The van der Waals surface area contributed by atoms with Crippen molar-refractivity contribution >= 4 is 11.9 Å². The van der Waals surface area contributed by atoms with Gasteiger partial charge in [-0.05, 0) is 31.0 Å². The molecule has 0 aliphatic carbocycles. The van der Waals surface area contributed by atoms with Crippen LogP contribution in [0.2, 0.25) is 0 Å². The van der Waals surface area contributed by atoms with Gasteiger partial charge in [0.05, 0.1) is 6.10 Å². The molecule has 0 bridgehead atoms. The molecule has 0 spiro atoms. The fraction of sp³-hybridized carbons (Fsp3) is 0.500. The molecule has 1 atom stereocenters. The number of carboxylic acid groups (broad SMARTS) is 1. The van der Waals surface area contributed by atoms with E-state index in [1.54, 1.807) is 31.2 Å². The molecule has 6 nitrogen and oxygen atoms in total. The molecule has 0 aliphatic rings. The van der Waals surface area contributed by atoms with Crippen molar-refractivity contribution in [1.82, 2.24) is 4.90 Å². The number of rotatable bonds is 9. The molecule has 1 aromatic rings. The Bertz CT molecular complexity index is 486. The average Bonchev–Trinajstić information content (AvgIpc) is 2.51. The van der Waals surface area contributed by atoms with Crippen molar-refractivity contribution in [3.05, 3.63) is 29.8 Å².